The van der Waals surface area contributed by atoms with Crippen molar-refractivity contribution in [1.82, 2.24) is 5.43 Å². The number of nitrogens with two attached hydrogens (primary N) is 1. The molecule has 0 saturated carbocycles. The Kier molecular flexibility index (Phi) is 4.76. The average molecular weight is 286 g/mol. The van der Waals surface area contributed by atoms with E-state index in [0.717, 1.165) is 12.0 Å². The Morgan fingerprint density at radius 3 is 2.14 bits per heavy atom. The van der Waals surface area contributed by atoms with E-state index in [2.05, 4.69) is 38.3 Å². The highest BCUT2D eigenvalue weighted by Crippen LogP contribution is 2.24. The predicted molar refractivity (Wildman–Crippen MR) is 85.6 cm³/mol. The van der Waals surface area contributed by atoms with E-state index in [1.54, 1.807) is 19.1 Å². The fourth-order valence-corrected chi connectivity index (χ4v) is 2.83. The van der Waals surface area contributed by atoms with Gasteiger partial charge in [0, 0.05) is 0 Å². The molecule has 0 heterocycles. The van der Waals surface area contributed by atoms with Gasteiger partial charge in [-0.3, -0.25) is 11.3 Å². The standard InChI is InChI=1S/C18H23FN2/c1-11-7-13(3)16(14(4)8-11)10-18(21-20)15-6-5-12(2)17(19)9-15/h5-9,18,21H,10,20H2,1-4H3. The number of hydrazine groups is 1. The number of aryl methyl sites for hydroxylation is 4. The van der Waals surface area contributed by atoms with Gasteiger partial charge in [-0.05, 0) is 68.0 Å². The molecule has 0 aliphatic carbocycles. The van der Waals surface area contributed by atoms with E-state index in [1.165, 1.54) is 22.3 Å². The maximum absolute atomic E-state index is 13.8. The molecule has 0 saturated heterocycles. The van der Waals surface area contributed by atoms with Crippen molar-refractivity contribution >= 4 is 0 Å². The Bertz CT molecular complexity index is 627. The quantitative estimate of drug-likeness (QED) is 0.662. The van der Waals surface area contributed by atoms with Crippen LogP contribution in [0.5, 0.6) is 0 Å². The fourth-order valence-electron chi connectivity index (χ4n) is 2.83. The molecule has 0 aliphatic rings. The third kappa shape index (κ3) is 3.49. The molecule has 112 valence electrons. The Hall–Kier alpha value is -1.71. The lowest BCUT2D eigenvalue weighted by Gasteiger charge is -2.20. The van der Waals surface area contributed by atoms with Gasteiger partial charge in [0.15, 0.2) is 0 Å². The highest BCUT2D eigenvalue weighted by Gasteiger charge is 2.15. The van der Waals surface area contributed by atoms with Gasteiger partial charge >= 0.3 is 0 Å². The highest BCUT2D eigenvalue weighted by atomic mass is 19.1. The third-order valence-electron chi connectivity index (χ3n) is 4.05. The van der Waals surface area contributed by atoms with Gasteiger partial charge in [0.25, 0.3) is 0 Å². The predicted octanol–water partition coefficient (Wildman–Crippen LogP) is 3.81. The molecule has 3 heteroatoms. The SMILES string of the molecule is Cc1cc(C)c(CC(NN)c2ccc(C)c(F)c2)c(C)c1. The number of nitrogens with one attached hydrogen (secondary N) is 1. The van der Waals surface area contributed by atoms with Gasteiger partial charge in [-0.2, -0.15) is 0 Å². The molecule has 2 rings (SSSR count). The lowest BCUT2D eigenvalue weighted by Crippen LogP contribution is -2.30. The minimum atomic E-state index is -0.190. The summed E-state index contributed by atoms with van der Waals surface area (Å²) in [7, 11) is 0. The summed E-state index contributed by atoms with van der Waals surface area (Å²) in [5.41, 5.74) is 9.37. The number of benzene rings is 2. The molecule has 1 unspecified atom stereocenters. The summed E-state index contributed by atoms with van der Waals surface area (Å²) in [6.45, 7) is 8.08. The molecule has 0 aromatic heterocycles. The van der Waals surface area contributed by atoms with Crippen LogP contribution in [0.15, 0.2) is 30.3 Å². The van der Waals surface area contributed by atoms with Crippen LogP contribution >= 0.6 is 0 Å². The molecule has 2 aromatic carbocycles. The smallest absolute Gasteiger partial charge is 0.126 e. The van der Waals surface area contributed by atoms with E-state index < -0.39 is 0 Å². The van der Waals surface area contributed by atoms with E-state index in [1.807, 2.05) is 6.07 Å². The first-order valence-electron chi connectivity index (χ1n) is 7.21. The van der Waals surface area contributed by atoms with Gasteiger partial charge in [-0.1, -0.05) is 29.8 Å². The Morgan fingerprint density at radius 1 is 1.00 bits per heavy atom. The summed E-state index contributed by atoms with van der Waals surface area (Å²) in [5.74, 6) is 5.51. The second-order valence-corrected chi connectivity index (χ2v) is 5.81. The molecule has 0 fully saturated rings. The van der Waals surface area contributed by atoms with Crippen molar-refractivity contribution in [2.75, 3.05) is 0 Å². The Morgan fingerprint density at radius 2 is 1.62 bits per heavy atom. The van der Waals surface area contributed by atoms with Crippen LogP contribution in [0.1, 0.15) is 39.4 Å². The maximum atomic E-state index is 13.8. The summed E-state index contributed by atoms with van der Waals surface area (Å²) < 4.78 is 13.8. The zero-order chi connectivity index (χ0) is 15.6. The monoisotopic (exact) mass is 286 g/mol. The minimum Gasteiger partial charge on any atom is -0.271 e. The molecule has 2 nitrogen and oxygen atoms in total. The first kappa shape index (κ1) is 15.7. The molecule has 0 spiro atoms. The van der Waals surface area contributed by atoms with Gasteiger partial charge in [0.05, 0.1) is 6.04 Å². The minimum absolute atomic E-state index is 0.0970. The van der Waals surface area contributed by atoms with Crippen molar-refractivity contribution in [2.24, 2.45) is 5.84 Å². The summed E-state index contributed by atoms with van der Waals surface area (Å²) in [6.07, 6.45) is 0.747. The number of hydrogen-bond donors (Lipinski definition) is 2. The van der Waals surface area contributed by atoms with Crippen molar-refractivity contribution in [3.05, 3.63) is 69.5 Å². The topological polar surface area (TPSA) is 38.0 Å². The van der Waals surface area contributed by atoms with Gasteiger partial charge in [0.1, 0.15) is 5.82 Å². The number of rotatable bonds is 4. The zero-order valence-corrected chi connectivity index (χ0v) is 13.1. The number of hydrogen-bond acceptors (Lipinski definition) is 2. The van der Waals surface area contributed by atoms with E-state index in [9.17, 15) is 4.39 Å². The van der Waals surface area contributed by atoms with Crippen LogP contribution in [0, 0.1) is 33.5 Å². The average Bonchev–Trinajstić information content (AvgIpc) is 2.41. The fraction of sp³-hybridized carbons (Fsp3) is 0.333. The van der Waals surface area contributed by atoms with Gasteiger partial charge in [-0.25, -0.2) is 4.39 Å². The molecule has 1 atom stereocenters. The molecule has 21 heavy (non-hydrogen) atoms. The number of halogens is 1. The van der Waals surface area contributed by atoms with Crippen LogP contribution in [0.3, 0.4) is 0 Å². The Labute approximate surface area is 126 Å². The zero-order valence-electron chi connectivity index (χ0n) is 13.1. The maximum Gasteiger partial charge on any atom is 0.126 e. The lowest BCUT2D eigenvalue weighted by molar-refractivity contribution is 0.541. The van der Waals surface area contributed by atoms with Crippen molar-refractivity contribution in [3.8, 4) is 0 Å². The van der Waals surface area contributed by atoms with Crippen LogP contribution in [-0.2, 0) is 6.42 Å². The van der Waals surface area contributed by atoms with E-state index in [0.29, 0.717) is 5.56 Å². The van der Waals surface area contributed by atoms with E-state index >= 15 is 0 Å². The van der Waals surface area contributed by atoms with Crippen LogP contribution in [0.4, 0.5) is 4.39 Å². The molecular formula is C18H23FN2. The molecule has 0 radical (unpaired) electrons. The van der Waals surface area contributed by atoms with Crippen LogP contribution in [0.25, 0.3) is 0 Å². The normalized spacial score (nSPS) is 12.5. The largest absolute Gasteiger partial charge is 0.271 e. The summed E-state index contributed by atoms with van der Waals surface area (Å²) in [4.78, 5) is 0. The first-order valence-corrected chi connectivity index (χ1v) is 7.21. The second kappa shape index (κ2) is 6.37. The molecule has 2 aromatic rings. The van der Waals surface area contributed by atoms with Gasteiger partial charge in [-0.15, -0.1) is 0 Å². The van der Waals surface area contributed by atoms with Crippen LogP contribution < -0.4 is 11.3 Å². The van der Waals surface area contributed by atoms with Crippen molar-refractivity contribution in [3.63, 3.8) is 0 Å². The third-order valence-corrected chi connectivity index (χ3v) is 4.05. The molecule has 0 bridgehead atoms. The molecule has 0 aliphatic heterocycles. The van der Waals surface area contributed by atoms with Crippen molar-refractivity contribution in [2.45, 2.75) is 40.2 Å². The molecule has 0 amide bonds. The van der Waals surface area contributed by atoms with Crippen LogP contribution in [0.2, 0.25) is 0 Å². The molecular weight excluding hydrogens is 263 g/mol. The molecule has 3 N–H and O–H groups in total. The lowest BCUT2D eigenvalue weighted by atomic mass is 9.91. The van der Waals surface area contributed by atoms with Crippen molar-refractivity contribution in [1.29, 1.82) is 0 Å². The summed E-state index contributed by atoms with van der Waals surface area (Å²) in [5, 5.41) is 0. The van der Waals surface area contributed by atoms with Gasteiger partial charge in [0.2, 0.25) is 0 Å². The Balaban J connectivity index is 2.33. The van der Waals surface area contributed by atoms with E-state index in [4.69, 9.17) is 5.84 Å². The first-order chi connectivity index (χ1) is 9.92. The van der Waals surface area contributed by atoms with E-state index in [-0.39, 0.29) is 11.9 Å². The van der Waals surface area contributed by atoms with Gasteiger partial charge < -0.3 is 0 Å². The summed E-state index contributed by atoms with van der Waals surface area (Å²) >= 11 is 0. The van der Waals surface area contributed by atoms with Crippen LogP contribution in [-0.4, -0.2) is 0 Å². The second-order valence-electron chi connectivity index (χ2n) is 5.81. The van der Waals surface area contributed by atoms with Crippen molar-refractivity contribution < 1.29 is 4.39 Å². The highest BCUT2D eigenvalue weighted by molar-refractivity contribution is 5.39. The summed E-state index contributed by atoms with van der Waals surface area (Å²) in [6, 6.07) is 9.54.